The molecule has 106 valence electrons. The third-order valence-electron chi connectivity index (χ3n) is 3.84. The van der Waals surface area contributed by atoms with E-state index in [2.05, 4.69) is 18.7 Å². The van der Waals surface area contributed by atoms with Crippen LogP contribution in [0.15, 0.2) is 0 Å². The second kappa shape index (κ2) is 6.33. The van der Waals surface area contributed by atoms with Gasteiger partial charge in [0.2, 0.25) is 0 Å². The SMILES string of the molecule is CC1(C)CN(CCCC2CCCO2)CC(CN)O1. The predicted molar refractivity (Wildman–Crippen MR) is 72.7 cm³/mol. The first-order valence-corrected chi connectivity index (χ1v) is 7.31. The van der Waals surface area contributed by atoms with E-state index >= 15 is 0 Å². The summed E-state index contributed by atoms with van der Waals surface area (Å²) in [6.07, 6.45) is 5.62. The lowest BCUT2D eigenvalue weighted by atomic mass is 10.0. The minimum Gasteiger partial charge on any atom is -0.378 e. The standard InChI is InChI=1S/C14H28N2O2/c1-14(2)11-16(10-13(9-15)18-14)7-3-5-12-6-4-8-17-12/h12-13H,3-11,15H2,1-2H3. The van der Waals surface area contributed by atoms with Gasteiger partial charge in [-0.05, 0) is 46.1 Å². The zero-order valence-electron chi connectivity index (χ0n) is 11.9. The Morgan fingerprint density at radius 2 is 2.17 bits per heavy atom. The van der Waals surface area contributed by atoms with Crippen molar-refractivity contribution in [2.24, 2.45) is 5.73 Å². The summed E-state index contributed by atoms with van der Waals surface area (Å²) in [6.45, 7) is 9.02. The van der Waals surface area contributed by atoms with Crippen LogP contribution in [0.25, 0.3) is 0 Å². The lowest BCUT2D eigenvalue weighted by Gasteiger charge is -2.42. The second-order valence-electron chi connectivity index (χ2n) is 6.25. The van der Waals surface area contributed by atoms with Crippen LogP contribution in [0.5, 0.6) is 0 Å². The predicted octanol–water partition coefficient (Wildman–Crippen LogP) is 1.38. The maximum absolute atomic E-state index is 5.94. The second-order valence-corrected chi connectivity index (χ2v) is 6.25. The third kappa shape index (κ3) is 4.19. The molecule has 2 unspecified atom stereocenters. The number of hydrogen-bond acceptors (Lipinski definition) is 4. The largest absolute Gasteiger partial charge is 0.378 e. The summed E-state index contributed by atoms with van der Waals surface area (Å²) in [5.74, 6) is 0. The number of nitrogens with zero attached hydrogens (tertiary/aromatic N) is 1. The first-order valence-electron chi connectivity index (χ1n) is 7.31. The maximum atomic E-state index is 5.94. The highest BCUT2D eigenvalue weighted by Gasteiger charge is 2.32. The Balaban J connectivity index is 1.70. The summed E-state index contributed by atoms with van der Waals surface area (Å²) in [5, 5.41) is 0. The van der Waals surface area contributed by atoms with E-state index in [-0.39, 0.29) is 11.7 Å². The lowest BCUT2D eigenvalue weighted by molar-refractivity contribution is -0.132. The Morgan fingerprint density at radius 1 is 1.33 bits per heavy atom. The molecule has 0 aromatic rings. The molecule has 2 heterocycles. The van der Waals surface area contributed by atoms with Gasteiger partial charge < -0.3 is 15.2 Å². The minimum absolute atomic E-state index is 0.0633. The number of ether oxygens (including phenoxy) is 2. The molecule has 4 heteroatoms. The minimum atomic E-state index is -0.0633. The molecule has 0 bridgehead atoms. The number of nitrogens with two attached hydrogens (primary N) is 1. The molecule has 0 aliphatic carbocycles. The first-order chi connectivity index (χ1) is 8.59. The highest BCUT2D eigenvalue weighted by atomic mass is 16.5. The van der Waals surface area contributed by atoms with Gasteiger partial charge in [-0.25, -0.2) is 0 Å². The molecule has 2 aliphatic heterocycles. The van der Waals surface area contributed by atoms with E-state index in [9.17, 15) is 0 Å². The van der Waals surface area contributed by atoms with Gasteiger partial charge in [-0.1, -0.05) is 0 Å². The van der Waals surface area contributed by atoms with E-state index in [0.29, 0.717) is 12.6 Å². The van der Waals surface area contributed by atoms with Crippen molar-refractivity contribution in [2.45, 2.75) is 57.3 Å². The van der Waals surface area contributed by atoms with Crippen molar-refractivity contribution >= 4 is 0 Å². The fraction of sp³-hybridized carbons (Fsp3) is 1.00. The van der Waals surface area contributed by atoms with E-state index in [0.717, 1.165) is 26.2 Å². The highest BCUT2D eigenvalue weighted by Crippen LogP contribution is 2.22. The van der Waals surface area contributed by atoms with Gasteiger partial charge >= 0.3 is 0 Å². The molecule has 0 saturated carbocycles. The zero-order chi connectivity index (χ0) is 13.0. The topological polar surface area (TPSA) is 47.7 Å². The van der Waals surface area contributed by atoms with Gasteiger partial charge in [-0.3, -0.25) is 4.90 Å². The fourth-order valence-electron chi connectivity index (χ4n) is 3.12. The Bertz CT molecular complexity index is 252. The van der Waals surface area contributed by atoms with Crippen LogP contribution >= 0.6 is 0 Å². The monoisotopic (exact) mass is 256 g/mol. The molecule has 18 heavy (non-hydrogen) atoms. The van der Waals surface area contributed by atoms with Gasteiger partial charge in [-0.15, -0.1) is 0 Å². The molecule has 2 saturated heterocycles. The van der Waals surface area contributed by atoms with Crippen molar-refractivity contribution in [3.63, 3.8) is 0 Å². The number of rotatable bonds is 5. The molecule has 2 fully saturated rings. The van der Waals surface area contributed by atoms with Gasteiger partial charge in [0.1, 0.15) is 0 Å². The fourth-order valence-corrected chi connectivity index (χ4v) is 3.12. The number of hydrogen-bond donors (Lipinski definition) is 1. The van der Waals surface area contributed by atoms with Crippen LogP contribution in [0.3, 0.4) is 0 Å². The summed E-state index contributed by atoms with van der Waals surface area (Å²) in [5.41, 5.74) is 5.68. The molecule has 0 spiro atoms. The van der Waals surface area contributed by atoms with Crippen LogP contribution in [0.1, 0.15) is 39.5 Å². The van der Waals surface area contributed by atoms with Gasteiger partial charge in [0.05, 0.1) is 17.8 Å². The third-order valence-corrected chi connectivity index (χ3v) is 3.84. The average Bonchev–Trinajstić information content (AvgIpc) is 2.80. The lowest BCUT2D eigenvalue weighted by Crippen LogP contribution is -2.54. The van der Waals surface area contributed by atoms with Crippen LogP contribution in [0, 0.1) is 0 Å². The van der Waals surface area contributed by atoms with Crippen LogP contribution in [-0.4, -0.2) is 55.5 Å². The normalized spacial score (nSPS) is 32.8. The molecule has 0 radical (unpaired) electrons. The van der Waals surface area contributed by atoms with Gasteiger partial charge in [0.15, 0.2) is 0 Å². The number of morpholine rings is 1. The molecular formula is C14H28N2O2. The van der Waals surface area contributed by atoms with Crippen molar-refractivity contribution in [2.75, 3.05) is 32.8 Å². The molecule has 0 aromatic heterocycles. The van der Waals surface area contributed by atoms with E-state index in [1.165, 1.54) is 25.7 Å². The van der Waals surface area contributed by atoms with Gasteiger partial charge in [0.25, 0.3) is 0 Å². The Morgan fingerprint density at radius 3 is 2.83 bits per heavy atom. The van der Waals surface area contributed by atoms with E-state index < -0.39 is 0 Å². The van der Waals surface area contributed by atoms with E-state index in [4.69, 9.17) is 15.2 Å². The van der Waals surface area contributed by atoms with Crippen molar-refractivity contribution in [3.8, 4) is 0 Å². The van der Waals surface area contributed by atoms with Crippen LogP contribution < -0.4 is 5.73 Å². The summed E-state index contributed by atoms with van der Waals surface area (Å²) in [4.78, 5) is 2.50. The summed E-state index contributed by atoms with van der Waals surface area (Å²) < 4.78 is 11.6. The molecule has 0 amide bonds. The summed E-state index contributed by atoms with van der Waals surface area (Å²) in [6, 6.07) is 0. The van der Waals surface area contributed by atoms with Crippen molar-refractivity contribution in [1.82, 2.24) is 4.90 Å². The molecule has 2 rings (SSSR count). The zero-order valence-corrected chi connectivity index (χ0v) is 11.9. The average molecular weight is 256 g/mol. The van der Waals surface area contributed by atoms with Crippen LogP contribution in [0.2, 0.25) is 0 Å². The summed E-state index contributed by atoms with van der Waals surface area (Å²) in [7, 11) is 0. The smallest absolute Gasteiger partial charge is 0.0831 e. The van der Waals surface area contributed by atoms with Crippen molar-refractivity contribution in [3.05, 3.63) is 0 Å². The first kappa shape index (κ1) is 14.3. The van der Waals surface area contributed by atoms with Crippen LogP contribution in [0.4, 0.5) is 0 Å². The van der Waals surface area contributed by atoms with Crippen molar-refractivity contribution in [1.29, 1.82) is 0 Å². The van der Waals surface area contributed by atoms with Gasteiger partial charge in [0, 0.05) is 26.2 Å². The van der Waals surface area contributed by atoms with Crippen molar-refractivity contribution < 1.29 is 9.47 Å². The maximum Gasteiger partial charge on any atom is 0.0831 e. The molecule has 4 nitrogen and oxygen atoms in total. The molecule has 2 aliphatic rings. The Kier molecular flexibility index (Phi) is 5.01. The summed E-state index contributed by atoms with van der Waals surface area (Å²) >= 11 is 0. The molecule has 0 aromatic carbocycles. The Labute approximate surface area is 111 Å². The van der Waals surface area contributed by atoms with Gasteiger partial charge in [-0.2, -0.15) is 0 Å². The Hall–Kier alpha value is -0.160. The van der Waals surface area contributed by atoms with Crippen LogP contribution in [-0.2, 0) is 9.47 Å². The molecule has 2 atom stereocenters. The quantitative estimate of drug-likeness (QED) is 0.807. The molecular weight excluding hydrogens is 228 g/mol. The van der Waals surface area contributed by atoms with E-state index in [1.807, 2.05) is 0 Å². The molecule has 2 N–H and O–H groups in total. The highest BCUT2D eigenvalue weighted by molar-refractivity contribution is 4.84. The van der Waals surface area contributed by atoms with E-state index in [1.54, 1.807) is 0 Å².